The van der Waals surface area contributed by atoms with Gasteiger partial charge in [-0.15, -0.1) is 0 Å². The highest BCUT2D eigenvalue weighted by Gasteiger charge is 1.70. The minimum absolute atomic E-state index is 0. The highest BCUT2D eigenvalue weighted by molar-refractivity contribution is 5.72. The molecule has 1 heteroatoms. The van der Waals surface area contributed by atoms with Gasteiger partial charge in [0.15, 0.2) is 0 Å². The molecule has 1 aliphatic carbocycles. The van der Waals surface area contributed by atoms with Gasteiger partial charge in [0.05, 0.1) is 0 Å². The molecule has 0 aliphatic heterocycles. The van der Waals surface area contributed by atoms with Crippen molar-refractivity contribution in [2.45, 2.75) is 35.1 Å². The van der Waals surface area contributed by atoms with Gasteiger partial charge in [-0.2, -0.15) is 0 Å². The summed E-state index contributed by atoms with van der Waals surface area (Å²) in [5.41, 5.74) is 0. The summed E-state index contributed by atoms with van der Waals surface area (Å²) in [6.07, 6.45) is 13.5. The molecular weight excluding hydrogens is 160 g/mol. The van der Waals surface area contributed by atoms with E-state index in [1.165, 1.54) is 13.8 Å². The number of ketones is 1. The molecule has 0 fully saturated rings. The third kappa shape index (κ3) is 24.8. The molecule has 0 aromatic carbocycles. The molecule has 0 N–H and O–H groups in total. The fourth-order valence-electron chi connectivity index (χ4n) is 0.521. The van der Waals surface area contributed by atoms with Gasteiger partial charge >= 0.3 is 0 Å². The summed E-state index contributed by atoms with van der Waals surface area (Å²) < 4.78 is 0. The molecule has 0 saturated heterocycles. The predicted octanol–water partition coefficient (Wildman–Crippen LogP) is 3.93. The maximum absolute atomic E-state index is 9.44. The van der Waals surface area contributed by atoms with Crippen LogP contribution in [0.25, 0.3) is 0 Å². The molecule has 1 aliphatic rings. The van der Waals surface area contributed by atoms with Gasteiger partial charge < -0.3 is 4.79 Å². The Morgan fingerprint density at radius 2 is 1.23 bits per heavy atom. The number of Topliss-reactive ketones (excluding diaryl/α,β-unsaturated/α-hetero) is 1. The SMILES string of the molecule is C.C.C1=CC=CCC=C1.CC(C)=O. The minimum atomic E-state index is 0. The van der Waals surface area contributed by atoms with E-state index in [4.69, 9.17) is 0 Å². The minimum Gasteiger partial charge on any atom is -0.300 e. The molecule has 13 heavy (non-hydrogen) atoms. The van der Waals surface area contributed by atoms with E-state index in [1.54, 1.807) is 0 Å². The van der Waals surface area contributed by atoms with E-state index in [0.29, 0.717) is 0 Å². The maximum Gasteiger partial charge on any atom is 0.126 e. The maximum atomic E-state index is 9.44. The van der Waals surface area contributed by atoms with E-state index in [9.17, 15) is 4.79 Å². The second-order valence-electron chi connectivity index (χ2n) is 2.39. The summed E-state index contributed by atoms with van der Waals surface area (Å²) in [4.78, 5) is 9.44. The second kappa shape index (κ2) is 13.5. The van der Waals surface area contributed by atoms with Crippen LogP contribution in [0.2, 0.25) is 0 Å². The lowest BCUT2D eigenvalue weighted by atomic mass is 10.4. The third-order valence-corrected chi connectivity index (χ3v) is 0.878. The zero-order valence-electron chi connectivity index (χ0n) is 7.08. The van der Waals surface area contributed by atoms with Crippen LogP contribution >= 0.6 is 0 Å². The van der Waals surface area contributed by atoms with E-state index in [0.717, 1.165) is 6.42 Å². The number of allylic oxidation sites excluding steroid dienone is 6. The monoisotopic (exact) mass is 182 g/mol. The van der Waals surface area contributed by atoms with Crippen molar-refractivity contribution in [1.29, 1.82) is 0 Å². The van der Waals surface area contributed by atoms with Crippen LogP contribution in [0, 0.1) is 0 Å². The Morgan fingerprint density at radius 3 is 1.54 bits per heavy atom. The number of hydrogen-bond donors (Lipinski definition) is 0. The fourth-order valence-corrected chi connectivity index (χ4v) is 0.521. The molecule has 0 unspecified atom stereocenters. The Bertz CT molecular complexity index is 167. The smallest absolute Gasteiger partial charge is 0.126 e. The topological polar surface area (TPSA) is 17.1 Å². The first-order valence-electron chi connectivity index (χ1n) is 3.69. The Labute approximate surface area is 82.9 Å². The summed E-state index contributed by atoms with van der Waals surface area (Å²) in [6, 6.07) is 0. The highest BCUT2D eigenvalue weighted by Crippen LogP contribution is 1.91. The first-order chi connectivity index (χ1) is 5.23. The standard InChI is InChI=1S/C7H8.C3H6O.2CH4/c1-2-4-6-7-5-3-1;1-3(2)4;;/h1-6H,7H2;1-2H3;2*1H4. The number of hydrogen-bond acceptors (Lipinski definition) is 1. The summed E-state index contributed by atoms with van der Waals surface area (Å²) >= 11 is 0. The molecule has 0 aromatic rings. The molecular formula is C12H22O. The molecule has 0 atom stereocenters. The van der Waals surface area contributed by atoms with E-state index in [2.05, 4.69) is 24.3 Å². The van der Waals surface area contributed by atoms with E-state index in [-0.39, 0.29) is 20.6 Å². The van der Waals surface area contributed by atoms with E-state index < -0.39 is 0 Å². The molecule has 0 spiro atoms. The van der Waals surface area contributed by atoms with Crippen LogP contribution in [0.15, 0.2) is 36.5 Å². The van der Waals surface area contributed by atoms with Crippen molar-refractivity contribution in [3.05, 3.63) is 36.5 Å². The average Bonchev–Trinajstić information content (AvgIpc) is 2.13. The second-order valence-corrected chi connectivity index (χ2v) is 2.39. The molecule has 0 amide bonds. The number of rotatable bonds is 0. The predicted molar refractivity (Wildman–Crippen MR) is 61.9 cm³/mol. The van der Waals surface area contributed by atoms with Crippen LogP contribution in [0.3, 0.4) is 0 Å². The Morgan fingerprint density at radius 1 is 0.923 bits per heavy atom. The fraction of sp³-hybridized carbons (Fsp3) is 0.417. The first-order valence-corrected chi connectivity index (χ1v) is 3.69. The Kier molecular flexibility index (Phi) is 18.5. The van der Waals surface area contributed by atoms with Crippen molar-refractivity contribution >= 4 is 5.78 Å². The van der Waals surface area contributed by atoms with Crippen LogP contribution in [0.1, 0.15) is 35.1 Å². The van der Waals surface area contributed by atoms with Gasteiger partial charge in [0.25, 0.3) is 0 Å². The summed E-state index contributed by atoms with van der Waals surface area (Å²) in [6.45, 7) is 3.06. The Balaban J connectivity index is -0.000000150. The lowest BCUT2D eigenvalue weighted by molar-refractivity contribution is -0.114. The molecule has 76 valence electrons. The molecule has 1 nitrogen and oxygen atoms in total. The summed E-state index contributed by atoms with van der Waals surface area (Å²) in [7, 11) is 0. The summed E-state index contributed by atoms with van der Waals surface area (Å²) in [5.74, 6) is 0.167. The van der Waals surface area contributed by atoms with Crippen molar-refractivity contribution in [2.75, 3.05) is 0 Å². The highest BCUT2D eigenvalue weighted by atomic mass is 16.1. The van der Waals surface area contributed by atoms with E-state index >= 15 is 0 Å². The molecule has 0 saturated carbocycles. The lowest BCUT2D eigenvalue weighted by Gasteiger charge is -1.69. The molecule has 0 aromatic heterocycles. The van der Waals surface area contributed by atoms with Crippen LogP contribution in [0.5, 0.6) is 0 Å². The van der Waals surface area contributed by atoms with Gasteiger partial charge in [0.2, 0.25) is 0 Å². The normalized spacial score (nSPS) is 11.2. The molecule has 0 heterocycles. The van der Waals surface area contributed by atoms with Gasteiger partial charge in [-0.3, -0.25) is 0 Å². The van der Waals surface area contributed by atoms with Crippen LogP contribution < -0.4 is 0 Å². The van der Waals surface area contributed by atoms with Gasteiger partial charge in [-0.05, 0) is 20.3 Å². The Hall–Kier alpha value is -1.11. The zero-order valence-corrected chi connectivity index (χ0v) is 7.08. The van der Waals surface area contributed by atoms with Gasteiger partial charge in [-0.25, -0.2) is 0 Å². The van der Waals surface area contributed by atoms with E-state index in [1.807, 2.05) is 12.2 Å². The van der Waals surface area contributed by atoms with Crippen molar-refractivity contribution in [2.24, 2.45) is 0 Å². The quantitative estimate of drug-likeness (QED) is 0.555. The largest absolute Gasteiger partial charge is 0.300 e. The van der Waals surface area contributed by atoms with Crippen LogP contribution in [0.4, 0.5) is 0 Å². The van der Waals surface area contributed by atoms with Crippen LogP contribution in [-0.4, -0.2) is 5.78 Å². The van der Waals surface area contributed by atoms with Crippen molar-refractivity contribution < 1.29 is 4.79 Å². The van der Waals surface area contributed by atoms with Gasteiger partial charge in [0, 0.05) is 0 Å². The van der Waals surface area contributed by atoms with Gasteiger partial charge in [-0.1, -0.05) is 51.3 Å². The lowest BCUT2D eigenvalue weighted by Crippen LogP contribution is -1.69. The van der Waals surface area contributed by atoms with Crippen molar-refractivity contribution in [1.82, 2.24) is 0 Å². The van der Waals surface area contributed by atoms with Crippen molar-refractivity contribution in [3.8, 4) is 0 Å². The average molecular weight is 182 g/mol. The number of carbonyl (C=O) groups is 1. The zero-order chi connectivity index (χ0) is 8.53. The van der Waals surface area contributed by atoms with Gasteiger partial charge in [0.1, 0.15) is 5.78 Å². The van der Waals surface area contributed by atoms with Crippen LogP contribution in [-0.2, 0) is 4.79 Å². The number of carbonyl (C=O) groups excluding carboxylic acids is 1. The first kappa shape index (κ1) is 17.8. The molecule has 0 radical (unpaired) electrons. The molecule has 1 rings (SSSR count). The van der Waals surface area contributed by atoms with Crippen molar-refractivity contribution in [3.63, 3.8) is 0 Å². The summed E-state index contributed by atoms with van der Waals surface area (Å²) in [5, 5.41) is 0. The third-order valence-electron chi connectivity index (χ3n) is 0.878. The molecule has 0 bridgehead atoms.